The summed E-state index contributed by atoms with van der Waals surface area (Å²) in [6.07, 6.45) is -1.62. The van der Waals surface area contributed by atoms with Gasteiger partial charge in [0, 0.05) is 19.2 Å². The minimum atomic E-state index is -4.34. The first-order valence-corrected chi connectivity index (χ1v) is 8.72. The molecule has 0 bridgehead atoms. The molecular formula is C19H21F3N2O2. The summed E-state index contributed by atoms with van der Waals surface area (Å²) in [5.74, 6) is 0.189. The third-order valence-electron chi connectivity index (χ3n) is 4.79. The second kappa shape index (κ2) is 7.51. The molecule has 1 aliphatic heterocycles. The lowest BCUT2D eigenvalue weighted by Gasteiger charge is -2.32. The second-order valence-corrected chi connectivity index (χ2v) is 6.79. The molecule has 1 aromatic heterocycles. The van der Waals surface area contributed by atoms with E-state index in [1.807, 2.05) is 0 Å². The zero-order valence-corrected chi connectivity index (χ0v) is 14.6. The van der Waals surface area contributed by atoms with Crippen molar-refractivity contribution in [1.82, 2.24) is 10.1 Å². The third kappa shape index (κ3) is 4.26. The topological polar surface area (TPSA) is 46.3 Å². The molecule has 3 rings (SSSR count). The SMILES string of the molecule is Cc1cc(C(=O)N2CCC[C@@H](CCc3ccccc3C(F)(F)F)C2)on1. The summed E-state index contributed by atoms with van der Waals surface area (Å²) >= 11 is 0. The van der Waals surface area contributed by atoms with Gasteiger partial charge in [0.25, 0.3) is 5.91 Å². The normalized spacial score (nSPS) is 18.2. The van der Waals surface area contributed by atoms with E-state index >= 15 is 0 Å². The molecule has 0 spiro atoms. The van der Waals surface area contributed by atoms with Gasteiger partial charge >= 0.3 is 6.18 Å². The fourth-order valence-electron chi connectivity index (χ4n) is 3.48. The van der Waals surface area contributed by atoms with Gasteiger partial charge in [0.1, 0.15) is 0 Å². The number of benzene rings is 1. The predicted molar refractivity (Wildman–Crippen MR) is 89.6 cm³/mol. The van der Waals surface area contributed by atoms with Crippen LogP contribution in [0.15, 0.2) is 34.9 Å². The van der Waals surface area contributed by atoms with Crippen molar-refractivity contribution in [2.75, 3.05) is 13.1 Å². The molecule has 140 valence electrons. The van der Waals surface area contributed by atoms with E-state index in [2.05, 4.69) is 5.16 Å². The lowest BCUT2D eigenvalue weighted by atomic mass is 9.90. The fraction of sp³-hybridized carbons (Fsp3) is 0.474. The predicted octanol–water partition coefficient (Wildman–Crippen LogP) is 4.49. The Bertz CT molecular complexity index is 770. The van der Waals surface area contributed by atoms with Crippen molar-refractivity contribution in [3.8, 4) is 0 Å². The Labute approximate surface area is 150 Å². The number of aromatic nitrogens is 1. The van der Waals surface area contributed by atoms with Crippen molar-refractivity contribution in [3.63, 3.8) is 0 Å². The number of amides is 1. The van der Waals surface area contributed by atoms with E-state index in [-0.39, 0.29) is 17.6 Å². The van der Waals surface area contributed by atoms with Crippen LogP contribution in [0.5, 0.6) is 0 Å². The van der Waals surface area contributed by atoms with E-state index in [1.54, 1.807) is 24.0 Å². The molecule has 7 heteroatoms. The van der Waals surface area contributed by atoms with Gasteiger partial charge in [0.05, 0.1) is 11.3 Å². The Morgan fingerprint density at radius 3 is 2.81 bits per heavy atom. The molecule has 1 amide bonds. The molecule has 4 nitrogen and oxygen atoms in total. The maximum atomic E-state index is 13.1. The molecule has 0 N–H and O–H groups in total. The van der Waals surface area contributed by atoms with Gasteiger partial charge < -0.3 is 9.42 Å². The summed E-state index contributed by atoms with van der Waals surface area (Å²) in [5.41, 5.74) is 0.390. The molecule has 1 aliphatic rings. The molecule has 1 atom stereocenters. The average Bonchev–Trinajstić information content (AvgIpc) is 3.05. The molecular weight excluding hydrogens is 345 g/mol. The van der Waals surface area contributed by atoms with Crippen LogP contribution in [-0.4, -0.2) is 29.1 Å². The number of alkyl halides is 3. The summed E-state index contributed by atoms with van der Waals surface area (Å²) in [5, 5.41) is 3.73. The van der Waals surface area contributed by atoms with Crippen LogP contribution in [-0.2, 0) is 12.6 Å². The number of hydrogen-bond donors (Lipinski definition) is 0. The molecule has 0 radical (unpaired) electrons. The number of piperidine rings is 1. The van der Waals surface area contributed by atoms with E-state index in [4.69, 9.17) is 4.52 Å². The number of aryl methyl sites for hydroxylation is 2. The summed E-state index contributed by atoms with van der Waals surface area (Å²) in [6.45, 7) is 2.92. The first-order chi connectivity index (χ1) is 12.3. The Balaban J connectivity index is 1.62. The highest BCUT2D eigenvalue weighted by atomic mass is 19.4. The van der Waals surface area contributed by atoms with Crippen LogP contribution in [0.4, 0.5) is 13.2 Å². The monoisotopic (exact) mass is 366 g/mol. The van der Waals surface area contributed by atoms with Gasteiger partial charge in [-0.3, -0.25) is 4.79 Å². The number of carbonyl (C=O) groups excluding carboxylic acids is 1. The van der Waals surface area contributed by atoms with Crippen LogP contribution in [0, 0.1) is 12.8 Å². The van der Waals surface area contributed by atoms with Crippen LogP contribution in [0.3, 0.4) is 0 Å². The molecule has 2 heterocycles. The van der Waals surface area contributed by atoms with Gasteiger partial charge in [-0.2, -0.15) is 13.2 Å². The van der Waals surface area contributed by atoms with Crippen LogP contribution >= 0.6 is 0 Å². The summed E-state index contributed by atoms with van der Waals surface area (Å²) in [6, 6.07) is 7.30. The quantitative estimate of drug-likeness (QED) is 0.801. The molecule has 26 heavy (non-hydrogen) atoms. The van der Waals surface area contributed by atoms with Crippen LogP contribution < -0.4 is 0 Å². The maximum Gasteiger partial charge on any atom is 0.416 e. The van der Waals surface area contributed by atoms with E-state index in [0.29, 0.717) is 37.2 Å². The van der Waals surface area contributed by atoms with Crippen LogP contribution in [0.2, 0.25) is 0 Å². The summed E-state index contributed by atoms with van der Waals surface area (Å²) in [4.78, 5) is 14.2. The minimum Gasteiger partial charge on any atom is -0.351 e. The first-order valence-electron chi connectivity index (χ1n) is 8.72. The number of rotatable bonds is 4. The Kier molecular flexibility index (Phi) is 5.34. The molecule has 1 aromatic carbocycles. The molecule has 1 fully saturated rings. The molecule has 2 aromatic rings. The zero-order valence-electron chi connectivity index (χ0n) is 14.6. The fourth-order valence-corrected chi connectivity index (χ4v) is 3.48. The van der Waals surface area contributed by atoms with Gasteiger partial charge in [-0.1, -0.05) is 23.4 Å². The van der Waals surface area contributed by atoms with Crippen molar-refractivity contribution in [2.24, 2.45) is 5.92 Å². The van der Waals surface area contributed by atoms with Gasteiger partial charge in [-0.15, -0.1) is 0 Å². The lowest BCUT2D eigenvalue weighted by molar-refractivity contribution is -0.138. The summed E-state index contributed by atoms with van der Waals surface area (Å²) in [7, 11) is 0. The first kappa shape index (κ1) is 18.5. The molecule has 0 saturated carbocycles. The summed E-state index contributed by atoms with van der Waals surface area (Å²) < 4.78 is 44.3. The van der Waals surface area contributed by atoms with E-state index in [9.17, 15) is 18.0 Å². The Morgan fingerprint density at radius 2 is 2.12 bits per heavy atom. The van der Waals surface area contributed by atoms with Gasteiger partial charge in [0.15, 0.2) is 0 Å². The molecule has 1 saturated heterocycles. The average molecular weight is 366 g/mol. The highest BCUT2D eigenvalue weighted by Gasteiger charge is 2.33. The Morgan fingerprint density at radius 1 is 1.35 bits per heavy atom. The molecule has 0 aliphatic carbocycles. The standard InChI is InChI=1S/C19H21F3N2O2/c1-13-11-17(26-23-13)18(25)24-10-4-5-14(12-24)8-9-15-6-2-3-7-16(15)19(20,21)22/h2-3,6-7,11,14H,4-5,8-10,12H2,1H3/t14-/m0/s1. The van der Waals surface area contributed by atoms with Crippen molar-refractivity contribution >= 4 is 5.91 Å². The van der Waals surface area contributed by atoms with E-state index in [0.717, 1.165) is 18.9 Å². The lowest BCUT2D eigenvalue weighted by Crippen LogP contribution is -2.40. The number of halogens is 3. The maximum absolute atomic E-state index is 13.1. The van der Waals surface area contributed by atoms with Crippen molar-refractivity contribution in [1.29, 1.82) is 0 Å². The van der Waals surface area contributed by atoms with E-state index in [1.165, 1.54) is 12.1 Å². The number of carbonyl (C=O) groups is 1. The van der Waals surface area contributed by atoms with Crippen molar-refractivity contribution < 1.29 is 22.5 Å². The largest absolute Gasteiger partial charge is 0.416 e. The van der Waals surface area contributed by atoms with E-state index < -0.39 is 11.7 Å². The highest BCUT2D eigenvalue weighted by molar-refractivity contribution is 5.91. The number of hydrogen-bond acceptors (Lipinski definition) is 3. The molecule has 0 unspecified atom stereocenters. The zero-order chi connectivity index (χ0) is 18.7. The van der Waals surface area contributed by atoms with Gasteiger partial charge in [0.2, 0.25) is 5.76 Å². The third-order valence-corrected chi connectivity index (χ3v) is 4.79. The van der Waals surface area contributed by atoms with Crippen molar-refractivity contribution in [3.05, 3.63) is 52.9 Å². The van der Waals surface area contributed by atoms with Gasteiger partial charge in [-0.25, -0.2) is 0 Å². The van der Waals surface area contributed by atoms with Crippen LogP contribution in [0.25, 0.3) is 0 Å². The Hall–Kier alpha value is -2.31. The van der Waals surface area contributed by atoms with Gasteiger partial charge in [-0.05, 0) is 50.2 Å². The minimum absolute atomic E-state index is 0.179. The van der Waals surface area contributed by atoms with Crippen molar-refractivity contribution in [2.45, 2.75) is 38.8 Å². The highest BCUT2D eigenvalue weighted by Crippen LogP contribution is 2.33. The number of likely N-dealkylation sites (tertiary alicyclic amines) is 1. The van der Waals surface area contributed by atoms with Crippen LogP contribution in [0.1, 0.15) is 46.6 Å². The second-order valence-electron chi connectivity index (χ2n) is 6.79. The number of nitrogens with zero attached hydrogens (tertiary/aromatic N) is 2. The smallest absolute Gasteiger partial charge is 0.351 e.